The molecule has 0 aromatic rings. The molecule has 0 aliphatic heterocycles. The molecule has 0 radical (unpaired) electrons. The van der Waals surface area contributed by atoms with Crippen LogP contribution in [0, 0.1) is 6.15 Å². The van der Waals surface area contributed by atoms with Crippen molar-refractivity contribution in [3.8, 4) is 0 Å². The molecule has 0 saturated carbocycles. The van der Waals surface area contributed by atoms with Crippen LogP contribution in [0.4, 0.5) is 28.2 Å². The van der Waals surface area contributed by atoms with E-state index in [0.29, 0.717) is 0 Å². The molecule has 0 N–H and O–H groups in total. The standard InChI is InChI=1S/6FH.He/h6*1H;. The van der Waals surface area contributed by atoms with E-state index in [1.807, 2.05) is 0 Å². The molecule has 0 rings (SSSR count). The zero-order valence-corrected chi connectivity index (χ0v) is 3.16. The van der Waals surface area contributed by atoms with Gasteiger partial charge in [-0.05, 0) is 0 Å². The number of hydrogen-bond acceptors (Lipinski definition) is 0. The van der Waals surface area contributed by atoms with Gasteiger partial charge in [0, 0.05) is 6.15 Å². The van der Waals surface area contributed by atoms with Gasteiger partial charge >= 0.3 is 0 Å². The quantitative estimate of drug-likeness (QED) is 0.421. The Labute approximate surface area is 35.9 Å². The van der Waals surface area contributed by atoms with Gasteiger partial charge in [0.05, 0.1) is 0 Å². The van der Waals surface area contributed by atoms with Crippen LogP contribution in [0.25, 0.3) is 0 Å². The van der Waals surface area contributed by atoms with Crippen LogP contribution in [-0.4, -0.2) is 0 Å². The topological polar surface area (TPSA) is 0 Å². The molecule has 0 fully saturated rings. The van der Waals surface area contributed by atoms with Gasteiger partial charge in [-0.25, -0.2) is 0 Å². The van der Waals surface area contributed by atoms with Gasteiger partial charge in [-0.15, -0.1) is 0 Å². The predicted molar refractivity (Wildman–Crippen MR) is 15.0 cm³/mol. The molecule has 0 aliphatic rings. The minimum absolute atomic E-state index is 0. The third-order valence-corrected chi connectivity index (χ3v) is 0. The van der Waals surface area contributed by atoms with Crippen LogP contribution in [0.3, 0.4) is 0 Å². The van der Waals surface area contributed by atoms with Crippen LogP contribution in [0.15, 0.2) is 0 Å². The first-order valence-corrected chi connectivity index (χ1v) is 0. The van der Waals surface area contributed by atoms with Gasteiger partial charge < -0.3 is 0 Å². The van der Waals surface area contributed by atoms with Gasteiger partial charge in [0.1, 0.15) is 0 Å². The smallest absolute Gasteiger partial charge is 0 e. The molecular formula is H6F6He. The summed E-state index contributed by atoms with van der Waals surface area (Å²) in [6.45, 7) is 0. The first-order valence-electron chi connectivity index (χ1n) is 0. The summed E-state index contributed by atoms with van der Waals surface area (Å²) in [5.41, 5.74) is 0. The molecule has 50 valence electrons. The number of hydrogen-bond donors (Lipinski definition) is 0. The molecule has 0 spiro atoms. The van der Waals surface area contributed by atoms with E-state index in [4.69, 9.17) is 0 Å². The van der Waals surface area contributed by atoms with E-state index in [9.17, 15) is 0 Å². The molecule has 7 heavy (non-hydrogen) atoms. The van der Waals surface area contributed by atoms with E-state index in [0.717, 1.165) is 0 Å². The van der Waals surface area contributed by atoms with Crippen molar-refractivity contribution in [2.24, 2.45) is 0 Å². The zero-order chi connectivity index (χ0) is 0. The van der Waals surface area contributed by atoms with Crippen molar-refractivity contribution in [1.29, 1.82) is 0 Å². The Balaban J connectivity index is 0. The molecule has 0 nitrogen and oxygen atoms in total. The molecule has 0 amide bonds. The van der Waals surface area contributed by atoms with Crippen molar-refractivity contribution < 1.29 is 34.4 Å². The van der Waals surface area contributed by atoms with Gasteiger partial charge in [-0.3, -0.25) is 28.2 Å². The monoisotopic (exact) mass is 124 g/mol. The Hall–Kier alpha value is -0.511. The summed E-state index contributed by atoms with van der Waals surface area (Å²) in [6.07, 6.45) is 0. The van der Waals surface area contributed by atoms with Crippen molar-refractivity contribution in [3.05, 3.63) is 0 Å². The Morgan fingerprint density at radius 1 is 0.286 bits per heavy atom. The van der Waals surface area contributed by atoms with E-state index < -0.39 is 0 Å². The van der Waals surface area contributed by atoms with E-state index in [-0.39, 0.29) is 34.4 Å². The van der Waals surface area contributed by atoms with E-state index in [1.165, 1.54) is 0 Å². The Kier molecular flexibility index (Phi) is 45300. The van der Waals surface area contributed by atoms with Crippen molar-refractivity contribution in [1.82, 2.24) is 0 Å². The van der Waals surface area contributed by atoms with E-state index in [1.54, 1.807) is 0 Å². The molecule has 0 heterocycles. The summed E-state index contributed by atoms with van der Waals surface area (Å²) in [6, 6.07) is 0. The molecule has 0 aromatic carbocycles. The van der Waals surface area contributed by atoms with Crippen molar-refractivity contribution in [2.75, 3.05) is 0 Å². The second-order valence-electron chi connectivity index (χ2n) is 0. The summed E-state index contributed by atoms with van der Waals surface area (Å²) in [5.74, 6) is 0. The molecule has 0 bridgehead atoms. The van der Waals surface area contributed by atoms with Crippen molar-refractivity contribution in [3.63, 3.8) is 0 Å². The summed E-state index contributed by atoms with van der Waals surface area (Å²) < 4.78 is 0. The largest absolute Gasteiger partial charge is 0.269 e. The second kappa shape index (κ2) is 424. The van der Waals surface area contributed by atoms with Gasteiger partial charge in [0.2, 0.25) is 0 Å². The zero-order valence-electron chi connectivity index (χ0n) is 3.16. The van der Waals surface area contributed by atoms with Crippen LogP contribution in [0.5, 0.6) is 0 Å². The minimum Gasteiger partial charge on any atom is -0.269 e. The Morgan fingerprint density at radius 3 is 0.286 bits per heavy atom. The molecule has 0 saturated heterocycles. The molecule has 0 aliphatic carbocycles. The van der Waals surface area contributed by atoms with Crippen LogP contribution >= 0.6 is 0 Å². The average molecular weight is 124 g/mol. The van der Waals surface area contributed by atoms with Gasteiger partial charge in [0.25, 0.3) is 0 Å². The molecular weight excluding hydrogens is 118 g/mol. The van der Waals surface area contributed by atoms with Crippen LogP contribution < -0.4 is 0 Å². The maximum Gasteiger partial charge on any atom is 0 e. The van der Waals surface area contributed by atoms with E-state index in [2.05, 4.69) is 0 Å². The van der Waals surface area contributed by atoms with Gasteiger partial charge in [-0.1, -0.05) is 0 Å². The van der Waals surface area contributed by atoms with Crippen molar-refractivity contribution in [2.45, 2.75) is 0 Å². The second-order valence-corrected chi connectivity index (χ2v) is 0. The fourth-order valence-electron chi connectivity index (χ4n) is 0. The molecule has 7 heteroatoms. The SMILES string of the molecule is F.F.F.F.F.F.[He]. The predicted octanol–water partition coefficient (Wildman–Crippen LogP) is 0.915. The van der Waals surface area contributed by atoms with Crippen LogP contribution in [-0.2, 0) is 0 Å². The number of rotatable bonds is 0. The maximum atomic E-state index is 0. The Bertz CT molecular complexity index is 4.14. The van der Waals surface area contributed by atoms with Gasteiger partial charge in [0.15, 0.2) is 0 Å². The fourth-order valence-corrected chi connectivity index (χ4v) is 0. The Morgan fingerprint density at radius 2 is 0.286 bits per heavy atom. The third kappa shape index (κ3) is 256. The normalized spacial score (nSPS) is 0. The minimum atomic E-state index is 0. The summed E-state index contributed by atoms with van der Waals surface area (Å²) in [4.78, 5) is 0. The maximum absolute atomic E-state index is 0. The molecule has 0 unspecified atom stereocenters. The van der Waals surface area contributed by atoms with Gasteiger partial charge in [-0.2, -0.15) is 0 Å². The van der Waals surface area contributed by atoms with E-state index >= 15 is 0 Å². The number of halogens is 6. The third-order valence-electron chi connectivity index (χ3n) is 0. The summed E-state index contributed by atoms with van der Waals surface area (Å²) in [7, 11) is 0. The summed E-state index contributed by atoms with van der Waals surface area (Å²) in [5, 5.41) is 0. The fraction of sp³-hybridized carbons (Fsp3) is 0. The average Bonchev–Trinajstić information content (AvgIpc) is 0. The van der Waals surface area contributed by atoms with Crippen LogP contribution in [0.1, 0.15) is 0 Å². The first kappa shape index (κ1) is 749. The van der Waals surface area contributed by atoms with Crippen molar-refractivity contribution >= 4 is 0 Å². The molecule has 0 aromatic heterocycles. The summed E-state index contributed by atoms with van der Waals surface area (Å²) >= 11 is 0. The first-order chi connectivity index (χ1) is 0. The van der Waals surface area contributed by atoms with Crippen LogP contribution in [0.2, 0.25) is 0 Å². The molecule has 0 atom stereocenters.